The molecule has 0 aliphatic carbocycles. The Labute approximate surface area is 181 Å². The molecule has 0 aromatic rings. The van der Waals surface area contributed by atoms with Crippen LogP contribution in [0.3, 0.4) is 0 Å². The lowest BCUT2D eigenvalue weighted by atomic mass is 9.95. The van der Waals surface area contributed by atoms with Gasteiger partial charge in [-0.25, -0.2) is 4.79 Å². The summed E-state index contributed by atoms with van der Waals surface area (Å²) in [5, 5.41) is 2.64. The minimum atomic E-state index is -1.35. The molecule has 0 bridgehead atoms. The molecule has 1 amide bonds. The summed E-state index contributed by atoms with van der Waals surface area (Å²) in [5.74, 6) is -3.61. The normalized spacial score (nSPS) is 22.3. The Balaban J connectivity index is 3.41. The molecule has 1 aliphatic rings. The average Bonchev–Trinajstić information content (AvgIpc) is 2.63. The Bertz CT molecular complexity index is 722. The highest BCUT2D eigenvalue weighted by Gasteiger charge is 2.47. The Hall–Kier alpha value is -2.63. The van der Waals surface area contributed by atoms with Crippen molar-refractivity contribution in [3.8, 4) is 0 Å². The maximum absolute atomic E-state index is 12.0. The van der Waals surface area contributed by atoms with E-state index in [4.69, 9.17) is 18.9 Å². The molecule has 0 aromatic carbocycles. The van der Waals surface area contributed by atoms with Crippen LogP contribution < -0.4 is 5.32 Å². The molecule has 1 N–H and O–H groups in total. The van der Waals surface area contributed by atoms with Gasteiger partial charge in [-0.2, -0.15) is 0 Å². The third-order valence-electron chi connectivity index (χ3n) is 3.79. The molecule has 5 atom stereocenters. The third-order valence-corrected chi connectivity index (χ3v) is 4.62. The number of carbonyl (C=O) groups is 5. The highest BCUT2D eigenvalue weighted by atomic mass is 79.9. The zero-order valence-electron chi connectivity index (χ0n) is 17.1. The van der Waals surface area contributed by atoms with E-state index < -0.39 is 65.6 Å². The first-order valence-electron chi connectivity index (χ1n) is 8.82. The number of nitrogens with one attached hydrogen (secondary N) is 1. The summed E-state index contributed by atoms with van der Waals surface area (Å²) in [6.45, 7) is 4.19. The van der Waals surface area contributed by atoms with Gasteiger partial charge in [-0.3, -0.25) is 19.2 Å². The Morgan fingerprint density at radius 1 is 1.07 bits per heavy atom. The fourth-order valence-electron chi connectivity index (χ4n) is 2.73. The topological polar surface area (TPSA) is 144 Å². The lowest BCUT2D eigenvalue weighted by Crippen LogP contribution is -2.60. The van der Waals surface area contributed by atoms with E-state index in [1.807, 2.05) is 0 Å². The minimum absolute atomic E-state index is 0.211. The van der Waals surface area contributed by atoms with Gasteiger partial charge in [0.1, 0.15) is 6.61 Å². The SMILES string of the molecule is COC(=O)C1=C[C@@H](Br)[C@@H](NC(C)=O)[C@H]([C@H](OC(C)=O)[C@@H](COC(C)=O)OC(C)=O)O1. The van der Waals surface area contributed by atoms with Gasteiger partial charge < -0.3 is 29.0 Å². The van der Waals surface area contributed by atoms with Gasteiger partial charge in [0.2, 0.25) is 11.7 Å². The molecule has 0 fully saturated rings. The van der Waals surface area contributed by atoms with E-state index in [9.17, 15) is 24.0 Å². The van der Waals surface area contributed by atoms with Gasteiger partial charge >= 0.3 is 23.9 Å². The maximum atomic E-state index is 12.0. The van der Waals surface area contributed by atoms with E-state index in [1.54, 1.807) is 0 Å². The quantitative estimate of drug-likeness (QED) is 0.281. The lowest BCUT2D eigenvalue weighted by Gasteiger charge is -2.40. The number of alkyl halides is 1. The van der Waals surface area contributed by atoms with Crippen molar-refractivity contribution in [2.75, 3.05) is 13.7 Å². The molecular weight excluding hydrogens is 470 g/mol. The zero-order valence-corrected chi connectivity index (χ0v) is 18.7. The van der Waals surface area contributed by atoms with Crippen LogP contribution in [0.2, 0.25) is 0 Å². The van der Waals surface area contributed by atoms with Crippen LogP contribution in [0.25, 0.3) is 0 Å². The van der Waals surface area contributed by atoms with E-state index in [2.05, 4.69) is 26.0 Å². The summed E-state index contributed by atoms with van der Waals surface area (Å²) in [6, 6.07) is -0.851. The van der Waals surface area contributed by atoms with Crippen molar-refractivity contribution >= 4 is 45.7 Å². The molecule has 168 valence electrons. The van der Waals surface area contributed by atoms with E-state index in [0.717, 1.165) is 27.9 Å². The number of amides is 1. The summed E-state index contributed by atoms with van der Waals surface area (Å²) in [5.41, 5.74) is 0. The zero-order chi connectivity index (χ0) is 23.0. The van der Waals surface area contributed by atoms with Crippen LogP contribution in [0, 0.1) is 0 Å². The van der Waals surface area contributed by atoms with E-state index in [0.29, 0.717) is 0 Å². The van der Waals surface area contributed by atoms with Gasteiger partial charge in [-0.15, -0.1) is 0 Å². The van der Waals surface area contributed by atoms with Crippen LogP contribution in [0.5, 0.6) is 0 Å². The number of hydrogen-bond acceptors (Lipinski definition) is 10. The Morgan fingerprint density at radius 3 is 2.13 bits per heavy atom. The number of ether oxygens (including phenoxy) is 5. The molecular formula is C18H24BrNO10. The summed E-state index contributed by atoms with van der Waals surface area (Å²) in [6.07, 6.45) is -2.47. The van der Waals surface area contributed by atoms with Crippen LogP contribution in [0.1, 0.15) is 27.7 Å². The van der Waals surface area contributed by atoms with Crippen LogP contribution in [-0.2, 0) is 47.7 Å². The molecule has 11 nitrogen and oxygen atoms in total. The molecule has 0 unspecified atom stereocenters. The van der Waals surface area contributed by atoms with Crippen molar-refractivity contribution in [1.82, 2.24) is 5.32 Å². The fraction of sp³-hybridized carbons (Fsp3) is 0.611. The number of rotatable bonds is 8. The third kappa shape index (κ3) is 7.65. The van der Waals surface area contributed by atoms with Gasteiger partial charge in [0.15, 0.2) is 18.3 Å². The summed E-state index contributed by atoms with van der Waals surface area (Å²) in [7, 11) is 1.15. The standard InChI is InChI=1S/C18H24BrNO10/c1-8(21)20-15-12(19)6-13(18(25)26-5)30-17(15)16(29-11(4)24)14(28-10(3)23)7-27-9(2)22/h6,12,14-17H,7H2,1-5H3,(H,20,21)/t12-,14-,15-,16-,17-/m1/s1. The molecule has 12 heteroatoms. The number of halogens is 1. The predicted octanol–water partition coefficient (Wildman–Crippen LogP) is 0.137. The molecule has 0 spiro atoms. The molecule has 1 aliphatic heterocycles. The van der Waals surface area contributed by atoms with Crippen LogP contribution >= 0.6 is 15.9 Å². The summed E-state index contributed by atoms with van der Waals surface area (Å²) >= 11 is 3.35. The van der Waals surface area contributed by atoms with Crippen LogP contribution in [0.4, 0.5) is 0 Å². The highest BCUT2D eigenvalue weighted by molar-refractivity contribution is 9.09. The summed E-state index contributed by atoms with van der Waals surface area (Å²) in [4.78, 5) is 57.7. The molecule has 0 radical (unpaired) electrons. The average molecular weight is 494 g/mol. The number of esters is 4. The molecule has 1 rings (SSSR count). The van der Waals surface area contributed by atoms with Gasteiger partial charge in [0.25, 0.3) is 0 Å². The minimum Gasteiger partial charge on any atom is -0.477 e. The second-order valence-corrected chi connectivity index (χ2v) is 7.36. The van der Waals surface area contributed by atoms with Gasteiger partial charge in [0, 0.05) is 27.7 Å². The largest absolute Gasteiger partial charge is 0.477 e. The molecule has 30 heavy (non-hydrogen) atoms. The smallest absolute Gasteiger partial charge is 0.373 e. The van der Waals surface area contributed by atoms with Crippen molar-refractivity contribution in [2.24, 2.45) is 0 Å². The van der Waals surface area contributed by atoms with E-state index >= 15 is 0 Å². The summed E-state index contributed by atoms with van der Waals surface area (Å²) < 4.78 is 25.8. The number of carbonyl (C=O) groups excluding carboxylic acids is 5. The molecule has 1 heterocycles. The lowest BCUT2D eigenvalue weighted by molar-refractivity contribution is -0.187. The van der Waals surface area contributed by atoms with Crippen molar-refractivity contribution < 1.29 is 47.7 Å². The van der Waals surface area contributed by atoms with Crippen molar-refractivity contribution in [3.63, 3.8) is 0 Å². The Kier molecular flexibility index (Phi) is 9.76. The monoisotopic (exact) mass is 493 g/mol. The van der Waals surface area contributed by atoms with Crippen LogP contribution in [-0.4, -0.2) is 72.7 Å². The first-order valence-corrected chi connectivity index (χ1v) is 9.73. The van der Waals surface area contributed by atoms with Gasteiger partial charge in [-0.1, -0.05) is 15.9 Å². The predicted molar refractivity (Wildman–Crippen MR) is 103 cm³/mol. The highest BCUT2D eigenvalue weighted by Crippen LogP contribution is 2.29. The number of hydrogen-bond donors (Lipinski definition) is 1. The van der Waals surface area contributed by atoms with Gasteiger partial charge in [-0.05, 0) is 6.08 Å². The molecule has 0 aromatic heterocycles. The molecule has 0 saturated heterocycles. The fourth-order valence-corrected chi connectivity index (χ4v) is 3.40. The van der Waals surface area contributed by atoms with Crippen LogP contribution in [0.15, 0.2) is 11.8 Å². The van der Waals surface area contributed by atoms with E-state index in [-0.39, 0.29) is 5.76 Å². The first kappa shape index (κ1) is 25.4. The second kappa shape index (κ2) is 11.5. The van der Waals surface area contributed by atoms with Crippen molar-refractivity contribution in [2.45, 2.75) is 56.9 Å². The molecule has 0 saturated carbocycles. The first-order chi connectivity index (χ1) is 14.0. The van der Waals surface area contributed by atoms with Crippen molar-refractivity contribution in [3.05, 3.63) is 11.8 Å². The Morgan fingerprint density at radius 2 is 1.67 bits per heavy atom. The second-order valence-electron chi connectivity index (χ2n) is 6.30. The number of methoxy groups -OCH3 is 1. The van der Waals surface area contributed by atoms with Crippen molar-refractivity contribution in [1.29, 1.82) is 0 Å². The van der Waals surface area contributed by atoms with E-state index in [1.165, 1.54) is 13.0 Å². The van der Waals surface area contributed by atoms with Gasteiger partial charge in [0.05, 0.1) is 18.0 Å². The maximum Gasteiger partial charge on any atom is 0.373 e.